The summed E-state index contributed by atoms with van der Waals surface area (Å²) in [5, 5.41) is 4.02. The molecule has 2 aromatic rings. The molecule has 0 radical (unpaired) electrons. The normalized spacial score (nSPS) is 21.8. The lowest BCUT2D eigenvalue weighted by molar-refractivity contribution is -0.133. The van der Waals surface area contributed by atoms with Crippen LogP contribution in [0.15, 0.2) is 30.6 Å². The van der Waals surface area contributed by atoms with E-state index in [0.717, 1.165) is 36.1 Å². The zero-order valence-electron chi connectivity index (χ0n) is 12.2. The van der Waals surface area contributed by atoms with E-state index >= 15 is 0 Å². The van der Waals surface area contributed by atoms with Crippen LogP contribution in [-0.2, 0) is 9.53 Å². The third-order valence-electron chi connectivity index (χ3n) is 4.10. The highest BCUT2D eigenvalue weighted by molar-refractivity contribution is 5.90. The lowest BCUT2D eigenvalue weighted by Crippen LogP contribution is -2.50. The van der Waals surface area contributed by atoms with Gasteiger partial charge in [-0.3, -0.25) is 4.79 Å². The van der Waals surface area contributed by atoms with Crippen molar-refractivity contribution >= 4 is 22.6 Å². The van der Waals surface area contributed by atoms with Crippen molar-refractivity contribution in [3.8, 4) is 0 Å². The number of hydrogen-bond donors (Lipinski definition) is 1. The number of para-hydroxylation sites is 1. The van der Waals surface area contributed by atoms with Crippen LogP contribution in [0.4, 0.5) is 5.82 Å². The van der Waals surface area contributed by atoms with E-state index in [0.29, 0.717) is 19.2 Å². The van der Waals surface area contributed by atoms with Crippen molar-refractivity contribution in [1.82, 2.24) is 15.3 Å². The third kappa shape index (κ3) is 2.62. The fourth-order valence-corrected chi connectivity index (χ4v) is 2.76. The Labute approximate surface area is 128 Å². The molecule has 2 aliphatic rings. The molecule has 2 heterocycles. The summed E-state index contributed by atoms with van der Waals surface area (Å²) in [5.74, 6) is 0.865. The number of amides is 1. The van der Waals surface area contributed by atoms with E-state index in [-0.39, 0.29) is 5.91 Å². The molecule has 1 saturated heterocycles. The summed E-state index contributed by atoms with van der Waals surface area (Å²) in [7, 11) is 0. The van der Waals surface area contributed by atoms with Crippen LogP contribution in [-0.4, -0.2) is 47.7 Å². The SMILES string of the molecule is O=C(NC1CC1)C1CN(c2ncnc3ccccc23)CCO1. The molecule has 1 atom stereocenters. The van der Waals surface area contributed by atoms with Gasteiger partial charge in [0.25, 0.3) is 5.91 Å². The second-order valence-electron chi connectivity index (χ2n) is 5.80. The molecule has 6 nitrogen and oxygen atoms in total. The van der Waals surface area contributed by atoms with E-state index in [1.165, 1.54) is 0 Å². The largest absolute Gasteiger partial charge is 0.365 e. The fourth-order valence-electron chi connectivity index (χ4n) is 2.76. The standard InChI is InChI=1S/C16H18N4O2/c21-16(19-11-5-6-11)14-9-20(7-8-22-14)15-12-3-1-2-4-13(12)17-10-18-15/h1-4,10-11,14H,5-9H2,(H,19,21). The quantitative estimate of drug-likeness (QED) is 0.919. The van der Waals surface area contributed by atoms with Crippen molar-refractivity contribution in [2.75, 3.05) is 24.6 Å². The van der Waals surface area contributed by atoms with Crippen molar-refractivity contribution in [2.24, 2.45) is 0 Å². The molecule has 1 aliphatic heterocycles. The molecular weight excluding hydrogens is 280 g/mol. The van der Waals surface area contributed by atoms with Crippen LogP contribution in [0.5, 0.6) is 0 Å². The maximum absolute atomic E-state index is 12.2. The zero-order chi connectivity index (χ0) is 14.9. The monoisotopic (exact) mass is 298 g/mol. The second-order valence-corrected chi connectivity index (χ2v) is 5.80. The van der Waals surface area contributed by atoms with Gasteiger partial charge in [-0.1, -0.05) is 12.1 Å². The first-order valence-corrected chi connectivity index (χ1v) is 7.68. The molecule has 1 aliphatic carbocycles. The van der Waals surface area contributed by atoms with Crippen LogP contribution in [0.1, 0.15) is 12.8 Å². The number of carbonyl (C=O) groups is 1. The molecule has 0 spiro atoms. The van der Waals surface area contributed by atoms with Gasteiger partial charge < -0.3 is 15.0 Å². The Morgan fingerprint density at radius 3 is 3.00 bits per heavy atom. The van der Waals surface area contributed by atoms with Gasteiger partial charge in [0.1, 0.15) is 12.1 Å². The highest BCUT2D eigenvalue weighted by Crippen LogP contribution is 2.25. The summed E-state index contributed by atoms with van der Waals surface area (Å²) >= 11 is 0. The minimum Gasteiger partial charge on any atom is -0.365 e. The number of nitrogens with zero attached hydrogens (tertiary/aromatic N) is 3. The fraction of sp³-hybridized carbons (Fsp3) is 0.438. The Hall–Kier alpha value is -2.21. The number of carbonyl (C=O) groups excluding carboxylic acids is 1. The molecule has 22 heavy (non-hydrogen) atoms. The van der Waals surface area contributed by atoms with E-state index in [9.17, 15) is 4.79 Å². The lowest BCUT2D eigenvalue weighted by atomic mass is 10.2. The van der Waals surface area contributed by atoms with Gasteiger partial charge >= 0.3 is 0 Å². The number of benzene rings is 1. The first kappa shape index (κ1) is 13.5. The van der Waals surface area contributed by atoms with E-state index in [1.807, 2.05) is 24.3 Å². The number of nitrogens with one attached hydrogen (secondary N) is 1. The maximum atomic E-state index is 12.2. The van der Waals surface area contributed by atoms with Crippen LogP contribution in [0.25, 0.3) is 10.9 Å². The number of rotatable bonds is 3. The Bertz CT molecular complexity index is 696. The van der Waals surface area contributed by atoms with Gasteiger partial charge in [-0.25, -0.2) is 9.97 Å². The number of ether oxygens (including phenoxy) is 1. The van der Waals surface area contributed by atoms with Gasteiger partial charge in [0, 0.05) is 18.0 Å². The van der Waals surface area contributed by atoms with Crippen molar-refractivity contribution < 1.29 is 9.53 Å². The maximum Gasteiger partial charge on any atom is 0.251 e. The highest BCUT2D eigenvalue weighted by atomic mass is 16.5. The van der Waals surface area contributed by atoms with Crippen LogP contribution >= 0.6 is 0 Å². The highest BCUT2D eigenvalue weighted by Gasteiger charge is 2.32. The summed E-state index contributed by atoms with van der Waals surface area (Å²) in [6.45, 7) is 1.79. The summed E-state index contributed by atoms with van der Waals surface area (Å²) in [6, 6.07) is 8.28. The van der Waals surface area contributed by atoms with E-state index in [4.69, 9.17) is 4.74 Å². The van der Waals surface area contributed by atoms with Crippen molar-refractivity contribution in [3.63, 3.8) is 0 Å². The van der Waals surface area contributed by atoms with Crippen molar-refractivity contribution in [3.05, 3.63) is 30.6 Å². The third-order valence-corrected chi connectivity index (χ3v) is 4.10. The minimum absolute atomic E-state index is 0.00874. The van der Waals surface area contributed by atoms with E-state index in [1.54, 1.807) is 6.33 Å². The number of aromatic nitrogens is 2. The number of fused-ring (bicyclic) bond motifs is 1. The Kier molecular flexibility index (Phi) is 3.38. The Morgan fingerprint density at radius 1 is 1.27 bits per heavy atom. The van der Waals surface area contributed by atoms with Gasteiger partial charge in [-0.05, 0) is 25.0 Å². The molecule has 6 heteroatoms. The molecular formula is C16H18N4O2. The molecule has 114 valence electrons. The average molecular weight is 298 g/mol. The molecule has 0 bridgehead atoms. The molecule has 1 N–H and O–H groups in total. The molecule has 2 fully saturated rings. The van der Waals surface area contributed by atoms with Crippen LogP contribution < -0.4 is 10.2 Å². The summed E-state index contributed by atoms with van der Waals surface area (Å²) in [6.07, 6.45) is 3.31. The Morgan fingerprint density at radius 2 is 2.14 bits per heavy atom. The molecule has 1 saturated carbocycles. The first-order chi connectivity index (χ1) is 10.8. The predicted octanol–water partition coefficient (Wildman–Crippen LogP) is 1.11. The average Bonchev–Trinajstić information content (AvgIpc) is 3.38. The molecule has 1 aromatic heterocycles. The number of hydrogen-bond acceptors (Lipinski definition) is 5. The second kappa shape index (κ2) is 5.53. The van der Waals surface area contributed by atoms with Crippen LogP contribution in [0.2, 0.25) is 0 Å². The minimum atomic E-state index is -0.428. The molecule has 1 amide bonds. The molecule has 4 rings (SSSR count). The number of anilines is 1. The van der Waals surface area contributed by atoms with Gasteiger partial charge in [0.15, 0.2) is 6.10 Å². The van der Waals surface area contributed by atoms with Crippen molar-refractivity contribution in [1.29, 1.82) is 0 Å². The smallest absolute Gasteiger partial charge is 0.251 e. The van der Waals surface area contributed by atoms with Crippen LogP contribution in [0.3, 0.4) is 0 Å². The van der Waals surface area contributed by atoms with Gasteiger partial charge in [-0.15, -0.1) is 0 Å². The predicted molar refractivity (Wildman–Crippen MR) is 82.7 cm³/mol. The summed E-state index contributed by atoms with van der Waals surface area (Å²) in [4.78, 5) is 23.0. The van der Waals surface area contributed by atoms with E-state index < -0.39 is 6.10 Å². The van der Waals surface area contributed by atoms with Crippen LogP contribution in [0, 0.1) is 0 Å². The van der Waals surface area contributed by atoms with Gasteiger partial charge in [-0.2, -0.15) is 0 Å². The Balaban J connectivity index is 1.57. The molecule has 1 unspecified atom stereocenters. The topological polar surface area (TPSA) is 67.4 Å². The summed E-state index contributed by atoms with van der Waals surface area (Å²) in [5.41, 5.74) is 0.915. The van der Waals surface area contributed by atoms with E-state index in [2.05, 4.69) is 20.2 Å². The van der Waals surface area contributed by atoms with Gasteiger partial charge in [0.05, 0.1) is 18.7 Å². The first-order valence-electron chi connectivity index (χ1n) is 7.68. The van der Waals surface area contributed by atoms with Gasteiger partial charge in [0.2, 0.25) is 0 Å². The lowest BCUT2D eigenvalue weighted by Gasteiger charge is -2.33. The van der Waals surface area contributed by atoms with Crippen molar-refractivity contribution in [2.45, 2.75) is 25.0 Å². The zero-order valence-corrected chi connectivity index (χ0v) is 12.2. The number of morpholine rings is 1. The molecule has 1 aromatic carbocycles. The summed E-state index contributed by atoms with van der Waals surface area (Å²) < 4.78 is 5.64.